The maximum Gasteiger partial charge on any atom is 0.397 e. The summed E-state index contributed by atoms with van der Waals surface area (Å²) >= 11 is 0. The van der Waals surface area contributed by atoms with Gasteiger partial charge in [0.15, 0.2) is 0 Å². The van der Waals surface area contributed by atoms with Gasteiger partial charge < -0.3 is 20.5 Å². The molecule has 7 heteroatoms. The zero-order valence-corrected chi connectivity index (χ0v) is 46.0. The molecule has 1 atom stereocenters. The maximum absolute atomic E-state index is 12.9. The summed E-state index contributed by atoms with van der Waals surface area (Å²) in [5.41, 5.74) is 5.00. The van der Waals surface area contributed by atoms with Crippen LogP contribution in [0.2, 0.25) is 0 Å². The minimum absolute atomic E-state index is 0.354. The summed E-state index contributed by atoms with van der Waals surface area (Å²) in [6, 6.07) is 0. The first-order chi connectivity index (χ1) is 32.8. The van der Waals surface area contributed by atoms with Gasteiger partial charge in [-0.1, -0.05) is 317 Å². The highest BCUT2D eigenvalue weighted by Gasteiger charge is 2.22. The molecular weight excluding hydrogens is 829 g/mol. The molecule has 0 saturated heterocycles. The Balaban J connectivity index is 0. The Morgan fingerprint density at radius 3 is 0.821 bits per heavy atom. The molecule has 0 saturated carbocycles. The first kappa shape index (κ1) is 67.4. The molecule has 0 heterocycles. The predicted octanol–water partition coefficient (Wildman–Crippen LogP) is 18.4. The summed E-state index contributed by atoms with van der Waals surface area (Å²) < 4.78 is 5.26. The average molecular weight is 950 g/mol. The largest absolute Gasteiger partial charge is 0.459 e. The lowest BCUT2D eigenvalue weighted by Gasteiger charge is -2.22. The molecule has 2 amide bonds. The van der Waals surface area contributed by atoms with Gasteiger partial charge >= 0.3 is 11.9 Å². The van der Waals surface area contributed by atoms with Crippen molar-refractivity contribution >= 4 is 17.8 Å². The second kappa shape index (κ2) is 58.7. The van der Waals surface area contributed by atoms with Crippen LogP contribution < -0.4 is 5.73 Å². The van der Waals surface area contributed by atoms with Crippen molar-refractivity contribution in [2.24, 2.45) is 5.73 Å². The summed E-state index contributed by atoms with van der Waals surface area (Å²) in [6.45, 7) is 10.6. The number of aliphatic hydroxyl groups is 1. The van der Waals surface area contributed by atoms with Crippen molar-refractivity contribution in [1.82, 2.24) is 4.90 Å². The maximum atomic E-state index is 12.9. The lowest BCUT2D eigenvalue weighted by Crippen LogP contribution is -2.39. The smallest absolute Gasteiger partial charge is 0.397 e. The van der Waals surface area contributed by atoms with Gasteiger partial charge in [-0.15, -0.1) is 0 Å². The zero-order chi connectivity index (χ0) is 49.4. The molecule has 0 radical (unpaired) electrons. The molecule has 1 unspecified atom stereocenters. The van der Waals surface area contributed by atoms with Crippen molar-refractivity contribution in [1.29, 1.82) is 0 Å². The Labute approximate surface area is 419 Å². The molecule has 0 aromatic carbocycles. The third-order valence-corrected chi connectivity index (χ3v) is 13.9. The van der Waals surface area contributed by atoms with Crippen molar-refractivity contribution in [3.63, 3.8) is 0 Å². The van der Waals surface area contributed by atoms with Crippen LogP contribution in [0.15, 0.2) is 0 Å². The zero-order valence-electron chi connectivity index (χ0n) is 46.0. The van der Waals surface area contributed by atoms with Gasteiger partial charge in [-0.2, -0.15) is 0 Å². The van der Waals surface area contributed by atoms with Crippen LogP contribution in [0.3, 0.4) is 0 Å². The first-order valence-corrected chi connectivity index (χ1v) is 30.3. The van der Waals surface area contributed by atoms with E-state index in [0.717, 1.165) is 51.4 Å². The van der Waals surface area contributed by atoms with Crippen molar-refractivity contribution in [2.45, 2.75) is 348 Å². The highest BCUT2D eigenvalue weighted by atomic mass is 16.5. The molecular formula is C60H120N2O5. The molecule has 400 valence electrons. The lowest BCUT2D eigenvalue weighted by molar-refractivity contribution is -0.160. The quantitative estimate of drug-likeness (QED) is 0.0359. The third kappa shape index (κ3) is 55.2. The van der Waals surface area contributed by atoms with Gasteiger partial charge in [0.25, 0.3) is 0 Å². The second-order valence-electron chi connectivity index (χ2n) is 20.7. The topological polar surface area (TPSA) is 110 Å². The highest BCUT2D eigenvalue weighted by Crippen LogP contribution is 2.17. The second-order valence-corrected chi connectivity index (χ2v) is 20.7. The summed E-state index contributed by atoms with van der Waals surface area (Å²) in [5.74, 6) is -1.66. The molecule has 3 N–H and O–H groups in total. The average Bonchev–Trinajstić information content (AvgIpc) is 3.33. The number of unbranched alkanes of at least 4 members (excludes halogenated alkanes) is 44. The van der Waals surface area contributed by atoms with E-state index in [1.165, 1.54) is 257 Å². The van der Waals surface area contributed by atoms with Gasteiger partial charge in [0, 0.05) is 13.1 Å². The monoisotopic (exact) mass is 949 g/mol. The number of hydrogen-bond donors (Lipinski definition) is 2. The minimum Gasteiger partial charge on any atom is -0.459 e. The SMILES string of the molecule is CCCCCCCCCCCCCCCCC(O)C(N)=O.CCCCCCCCCCCCCCCCCCN(CCCCCCCCCCCCCCCCCC)C(=O)C(=O)OCCCC. The molecule has 0 fully saturated rings. The number of aliphatic hydroxyl groups excluding tert-OH is 1. The lowest BCUT2D eigenvalue weighted by atomic mass is 10.0. The van der Waals surface area contributed by atoms with Gasteiger partial charge in [0.05, 0.1) is 6.61 Å². The normalized spacial score (nSPS) is 11.7. The number of hydrogen-bond acceptors (Lipinski definition) is 5. The summed E-state index contributed by atoms with van der Waals surface area (Å²) in [6.07, 6.45) is 62.7. The molecule has 0 spiro atoms. The van der Waals surface area contributed by atoms with Crippen LogP contribution in [-0.2, 0) is 19.1 Å². The molecule has 0 aliphatic rings. The van der Waals surface area contributed by atoms with Gasteiger partial charge in [-0.25, -0.2) is 4.79 Å². The molecule has 0 aliphatic carbocycles. The van der Waals surface area contributed by atoms with Gasteiger partial charge in [-0.3, -0.25) is 9.59 Å². The fraction of sp³-hybridized carbons (Fsp3) is 0.950. The van der Waals surface area contributed by atoms with Gasteiger partial charge in [0.2, 0.25) is 5.91 Å². The standard InChI is InChI=1S/C42H83NO3.C18H37NO2/c1-4-7-10-12-14-16-18-20-22-24-26-28-30-32-34-36-38-43(41(44)42(45)46-40-9-6-3)39-37-35-33-31-29-27-25-23-21-19-17-15-13-11-8-5-2;1-2-3-4-5-6-7-8-9-10-11-12-13-14-15-16-17(20)18(19)21/h4-40H2,1-3H3;17,20H,2-16H2,1H3,(H2,19,21). The van der Waals surface area contributed by atoms with Crippen LogP contribution in [0.5, 0.6) is 0 Å². The van der Waals surface area contributed by atoms with E-state index < -0.39 is 23.9 Å². The van der Waals surface area contributed by atoms with E-state index in [2.05, 4.69) is 27.7 Å². The van der Waals surface area contributed by atoms with E-state index in [-0.39, 0.29) is 0 Å². The van der Waals surface area contributed by atoms with Crippen LogP contribution in [0.25, 0.3) is 0 Å². The number of carbonyl (C=O) groups is 3. The number of nitrogens with zero attached hydrogens (tertiary/aromatic N) is 1. The third-order valence-electron chi connectivity index (χ3n) is 13.9. The predicted molar refractivity (Wildman–Crippen MR) is 292 cm³/mol. The molecule has 0 rings (SSSR count). The van der Waals surface area contributed by atoms with Crippen LogP contribution in [0.1, 0.15) is 342 Å². The first-order valence-electron chi connectivity index (χ1n) is 30.3. The van der Waals surface area contributed by atoms with Crippen LogP contribution >= 0.6 is 0 Å². The fourth-order valence-corrected chi connectivity index (χ4v) is 9.19. The Morgan fingerprint density at radius 1 is 0.358 bits per heavy atom. The Bertz CT molecular complexity index is 955. The van der Waals surface area contributed by atoms with Gasteiger partial charge in [-0.05, 0) is 25.7 Å². The number of carbonyl (C=O) groups excluding carboxylic acids is 3. The van der Waals surface area contributed by atoms with Crippen molar-refractivity contribution in [3.05, 3.63) is 0 Å². The summed E-state index contributed by atoms with van der Waals surface area (Å²) in [7, 11) is 0. The van der Waals surface area contributed by atoms with Crippen molar-refractivity contribution < 1.29 is 24.2 Å². The molecule has 7 nitrogen and oxygen atoms in total. The van der Waals surface area contributed by atoms with E-state index in [1.54, 1.807) is 4.90 Å². The van der Waals surface area contributed by atoms with Crippen LogP contribution in [0.4, 0.5) is 0 Å². The van der Waals surface area contributed by atoms with Crippen LogP contribution in [-0.4, -0.2) is 53.6 Å². The Morgan fingerprint density at radius 2 is 0.582 bits per heavy atom. The molecule has 0 aromatic rings. The fourth-order valence-electron chi connectivity index (χ4n) is 9.19. The number of ether oxygens (including phenoxy) is 1. The summed E-state index contributed by atoms with van der Waals surface area (Å²) in [5, 5.41) is 9.24. The molecule has 0 aromatic heterocycles. The van der Waals surface area contributed by atoms with Gasteiger partial charge in [0.1, 0.15) is 6.10 Å². The van der Waals surface area contributed by atoms with E-state index >= 15 is 0 Å². The Kier molecular flexibility index (Phi) is 59.1. The highest BCUT2D eigenvalue weighted by molar-refractivity contribution is 6.32. The van der Waals surface area contributed by atoms with E-state index in [1.807, 2.05) is 0 Å². The Hall–Kier alpha value is -1.63. The van der Waals surface area contributed by atoms with Crippen molar-refractivity contribution in [3.8, 4) is 0 Å². The number of esters is 1. The molecule has 67 heavy (non-hydrogen) atoms. The molecule has 0 bridgehead atoms. The minimum atomic E-state index is -0.942. The number of amides is 2. The number of primary amides is 1. The van der Waals surface area contributed by atoms with Crippen LogP contribution in [0, 0.1) is 0 Å². The van der Waals surface area contributed by atoms with E-state index in [4.69, 9.17) is 10.5 Å². The number of rotatable bonds is 53. The molecule has 0 aliphatic heterocycles. The van der Waals surface area contributed by atoms with Crippen molar-refractivity contribution in [2.75, 3.05) is 19.7 Å². The summed E-state index contributed by atoms with van der Waals surface area (Å²) in [4.78, 5) is 37.7. The van der Waals surface area contributed by atoms with E-state index in [0.29, 0.717) is 26.1 Å². The van der Waals surface area contributed by atoms with E-state index in [9.17, 15) is 19.5 Å². The number of nitrogens with two attached hydrogens (primary N) is 1.